The Bertz CT molecular complexity index is 1380. The molecule has 0 radical (unpaired) electrons. The Morgan fingerprint density at radius 3 is 2.63 bits per heavy atom. The minimum Gasteiger partial charge on any atom is -0.491 e. The fourth-order valence-corrected chi connectivity index (χ4v) is 4.91. The van der Waals surface area contributed by atoms with Gasteiger partial charge in [-0.3, -0.25) is 15.0 Å². The summed E-state index contributed by atoms with van der Waals surface area (Å²) >= 11 is 1.30. The van der Waals surface area contributed by atoms with Gasteiger partial charge in [-0.15, -0.1) is 0 Å². The average Bonchev–Trinajstić information content (AvgIpc) is 3.29. The summed E-state index contributed by atoms with van der Waals surface area (Å²) in [5.41, 5.74) is 1.57. The molecule has 0 unspecified atom stereocenters. The van der Waals surface area contributed by atoms with Crippen LogP contribution >= 0.6 is 11.3 Å². The van der Waals surface area contributed by atoms with Crippen molar-refractivity contribution in [3.8, 4) is 5.75 Å². The largest absolute Gasteiger partial charge is 0.491 e. The van der Waals surface area contributed by atoms with Gasteiger partial charge in [0.15, 0.2) is 5.13 Å². The van der Waals surface area contributed by atoms with Crippen molar-refractivity contribution < 1.29 is 23.8 Å². The molecule has 0 bridgehead atoms. The Morgan fingerprint density at radius 2 is 1.86 bits per heavy atom. The first-order valence-electron chi connectivity index (χ1n) is 11.4. The predicted octanol–water partition coefficient (Wildman–Crippen LogP) is 4.20. The fraction of sp³-hybridized carbons (Fsp3) is 0.269. The Morgan fingerprint density at radius 1 is 1.09 bits per heavy atom. The van der Waals surface area contributed by atoms with Gasteiger partial charge in [-0.2, -0.15) is 0 Å². The number of amides is 1. The molecule has 9 heteroatoms. The van der Waals surface area contributed by atoms with Crippen molar-refractivity contribution in [3.05, 3.63) is 65.7 Å². The van der Waals surface area contributed by atoms with Crippen LogP contribution in [-0.2, 0) is 9.47 Å². The zero-order chi connectivity index (χ0) is 24.2. The van der Waals surface area contributed by atoms with Gasteiger partial charge in [0.05, 0.1) is 41.7 Å². The van der Waals surface area contributed by atoms with E-state index in [1.54, 1.807) is 18.2 Å². The van der Waals surface area contributed by atoms with Gasteiger partial charge in [-0.25, -0.2) is 9.78 Å². The van der Waals surface area contributed by atoms with Gasteiger partial charge in [0.2, 0.25) is 0 Å². The van der Waals surface area contributed by atoms with Gasteiger partial charge in [0.1, 0.15) is 12.4 Å². The number of nitrogens with zero attached hydrogens (tertiary/aromatic N) is 2. The second kappa shape index (κ2) is 10.4. The predicted molar refractivity (Wildman–Crippen MR) is 136 cm³/mol. The van der Waals surface area contributed by atoms with Crippen LogP contribution in [0.1, 0.15) is 20.7 Å². The van der Waals surface area contributed by atoms with Gasteiger partial charge >= 0.3 is 5.97 Å². The number of rotatable bonds is 7. The summed E-state index contributed by atoms with van der Waals surface area (Å²) in [6.07, 6.45) is 0. The zero-order valence-electron chi connectivity index (χ0n) is 19.3. The highest BCUT2D eigenvalue weighted by atomic mass is 32.1. The van der Waals surface area contributed by atoms with Crippen LogP contribution < -0.4 is 10.1 Å². The SMILES string of the molecule is COC(=O)c1ccc2nc(NC(=O)c3cc4ccccc4cc3OCCN3CCOCC3)sc2c1. The molecule has 3 aromatic carbocycles. The monoisotopic (exact) mass is 491 g/mol. The fourth-order valence-electron chi connectivity index (χ4n) is 4.01. The van der Waals surface area contributed by atoms with Gasteiger partial charge in [0, 0.05) is 19.6 Å². The van der Waals surface area contributed by atoms with Crippen molar-refractivity contribution in [1.29, 1.82) is 0 Å². The van der Waals surface area contributed by atoms with Crippen LogP contribution in [0.5, 0.6) is 5.75 Å². The molecular formula is C26H25N3O5S. The summed E-state index contributed by atoms with van der Waals surface area (Å²) in [5.74, 6) is -0.186. The number of benzene rings is 3. The molecule has 0 aliphatic carbocycles. The summed E-state index contributed by atoms with van der Waals surface area (Å²) < 4.78 is 17.1. The minimum absolute atomic E-state index is 0.302. The third-order valence-electron chi connectivity index (χ3n) is 5.89. The van der Waals surface area contributed by atoms with E-state index >= 15 is 0 Å². The lowest BCUT2D eigenvalue weighted by atomic mass is 10.1. The smallest absolute Gasteiger partial charge is 0.337 e. The first kappa shape index (κ1) is 23.2. The van der Waals surface area contributed by atoms with Crippen molar-refractivity contribution in [2.75, 3.05) is 51.9 Å². The summed E-state index contributed by atoms with van der Waals surface area (Å²) in [5, 5.41) is 5.29. The third kappa shape index (κ3) is 5.27. The highest BCUT2D eigenvalue weighted by Gasteiger charge is 2.18. The molecule has 2 heterocycles. The maximum Gasteiger partial charge on any atom is 0.337 e. The molecule has 4 aromatic rings. The Hall–Kier alpha value is -3.53. The molecule has 8 nitrogen and oxygen atoms in total. The number of esters is 1. The van der Waals surface area contributed by atoms with Crippen LogP contribution in [0.3, 0.4) is 0 Å². The molecule has 1 aliphatic heterocycles. The number of anilines is 1. The molecule has 1 aromatic heterocycles. The topological polar surface area (TPSA) is 90.0 Å². The molecule has 1 N–H and O–H groups in total. The number of hydrogen-bond acceptors (Lipinski definition) is 8. The van der Waals surface area contributed by atoms with Gasteiger partial charge in [-0.1, -0.05) is 35.6 Å². The molecule has 35 heavy (non-hydrogen) atoms. The third-order valence-corrected chi connectivity index (χ3v) is 6.82. The first-order valence-corrected chi connectivity index (χ1v) is 12.2. The second-order valence-electron chi connectivity index (χ2n) is 8.15. The molecule has 1 aliphatic rings. The number of aromatic nitrogens is 1. The van der Waals surface area contributed by atoms with E-state index in [0.29, 0.717) is 34.1 Å². The number of ether oxygens (including phenoxy) is 3. The molecule has 1 saturated heterocycles. The molecule has 1 fully saturated rings. The summed E-state index contributed by atoms with van der Waals surface area (Å²) in [6.45, 7) is 4.45. The number of carbonyl (C=O) groups is 2. The first-order chi connectivity index (χ1) is 17.1. The van der Waals surface area contributed by atoms with Crippen molar-refractivity contribution in [2.45, 2.75) is 0 Å². The average molecular weight is 492 g/mol. The van der Waals surface area contributed by atoms with Crippen LogP contribution in [-0.4, -0.2) is 68.3 Å². The van der Waals surface area contributed by atoms with Crippen molar-refractivity contribution in [2.24, 2.45) is 0 Å². The number of methoxy groups -OCH3 is 1. The second-order valence-corrected chi connectivity index (χ2v) is 9.18. The number of hydrogen-bond donors (Lipinski definition) is 1. The van der Waals surface area contributed by atoms with E-state index in [0.717, 1.165) is 48.3 Å². The Labute approximate surface area is 206 Å². The van der Waals surface area contributed by atoms with Gasteiger partial charge < -0.3 is 14.2 Å². The van der Waals surface area contributed by atoms with Gasteiger partial charge in [-0.05, 0) is 41.1 Å². The molecular weight excluding hydrogens is 466 g/mol. The molecule has 0 saturated carbocycles. The molecule has 180 valence electrons. The lowest BCUT2D eigenvalue weighted by Gasteiger charge is -2.26. The van der Waals surface area contributed by atoms with Crippen molar-refractivity contribution in [1.82, 2.24) is 9.88 Å². The Kier molecular flexibility index (Phi) is 6.89. The van der Waals surface area contributed by atoms with Crippen LogP contribution in [0.2, 0.25) is 0 Å². The van der Waals surface area contributed by atoms with E-state index in [2.05, 4.69) is 15.2 Å². The maximum absolute atomic E-state index is 13.3. The lowest BCUT2D eigenvalue weighted by molar-refractivity contribution is 0.0322. The minimum atomic E-state index is -0.416. The van der Waals surface area contributed by atoms with Crippen LogP contribution in [0.25, 0.3) is 21.0 Å². The number of morpholine rings is 1. The normalized spacial score (nSPS) is 14.2. The van der Waals surface area contributed by atoms with Crippen LogP contribution in [0.4, 0.5) is 5.13 Å². The molecule has 0 spiro atoms. The molecule has 5 rings (SSSR count). The molecule has 1 amide bonds. The lowest BCUT2D eigenvalue weighted by Crippen LogP contribution is -2.38. The maximum atomic E-state index is 13.3. The van der Waals surface area contributed by atoms with E-state index in [1.807, 2.05) is 36.4 Å². The van der Waals surface area contributed by atoms with Crippen LogP contribution in [0.15, 0.2) is 54.6 Å². The van der Waals surface area contributed by atoms with E-state index in [1.165, 1.54) is 18.4 Å². The number of fused-ring (bicyclic) bond motifs is 2. The summed E-state index contributed by atoms with van der Waals surface area (Å²) in [7, 11) is 1.34. The van der Waals surface area contributed by atoms with Crippen molar-refractivity contribution >= 4 is 49.3 Å². The van der Waals surface area contributed by atoms with E-state index in [-0.39, 0.29) is 5.91 Å². The van der Waals surface area contributed by atoms with Crippen LogP contribution in [0, 0.1) is 0 Å². The standard InChI is InChI=1S/C26H25N3O5S/c1-32-25(31)19-6-7-21-23(16-19)35-26(27-21)28-24(30)20-14-17-4-2-3-5-18(17)15-22(20)34-13-10-29-8-11-33-12-9-29/h2-7,14-16H,8-13H2,1H3,(H,27,28,30). The Balaban J connectivity index is 1.37. The quantitative estimate of drug-likeness (QED) is 0.388. The van der Waals surface area contributed by atoms with E-state index in [9.17, 15) is 9.59 Å². The number of thiazole rings is 1. The molecule has 0 atom stereocenters. The zero-order valence-corrected chi connectivity index (χ0v) is 20.1. The van der Waals surface area contributed by atoms with Crippen molar-refractivity contribution in [3.63, 3.8) is 0 Å². The summed E-state index contributed by atoms with van der Waals surface area (Å²) in [6, 6.07) is 16.7. The number of carbonyl (C=O) groups excluding carboxylic acids is 2. The highest BCUT2D eigenvalue weighted by molar-refractivity contribution is 7.22. The van der Waals surface area contributed by atoms with Gasteiger partial charge in [0.25, 0.3) is 5.91 Å². The van der Waals surface area contributed by atoms with E-state index in [4.69, 9.17) is 14.2 Å². The number of nitrogens with one attached hydrogen (secondary N) is 1. The van der Waals surface area contributed by atoms with E-state index < -0.39 is 5.97 Å². The highest BCUT2D eigenvalue weighted by Crippen LogP contribution is 2.30. The summed E-state index contributed by atoms with van der Waals surface area (Å²) in [4.78, 5) is 31.9.